The molecule has 0 fully saturated rings. The van der Waals surface area contributed by atoms with Gasteiger partial charge in [-0.3, -0.25) is 0 Å². The molecule has 4 nitrogen and oxygen atoms in total. The summed E-state index contributed by atoms with van der Waals surface area (Å²) in [5, 5.41) is 3.72. The standard InChI is InChI=1S/C12H11ClN4S/c1-7-6-18-11(15-7)5-17-10-3-2-8(13)4-9(10)16-12(17)14/h2-4,6H,5H2,1H3,(H2,14,16). The van der Waals surface area contributed by atoms with Gasteiger partial charge >= 0.3 is 0 Å². The molecule has 0 aliphatic heterocycles. The van der Waals surface area contributed by atoms with Gasteiger partial charge in [0.15, 0.2) is 0 Å². The van der Waals surface area contributed by atoms with E-state index in [4.69, 9.17) is 17.3 Å². The lowest BCUT2D eigenvalue weighted by atomic mass is 10.3. The normalized spacial score (nSPS) is 11.2. The summed E-state index contributed by atoms with van der Waals surface area (Å²) < 4.78 is 1.95. The summed E-state index contributed by atoms with van der Waals surface area (Å²) in [4.78, 5) is 8.75. The highest BCUT2D eigenvalue weighted by Gasteiger charge is 2.10. The molecule has 6 heteroatoms. The van der Waals surface area contributed by atoms with Gasteiger partial charge in [-0.15, -0.1) is 11.3 Å². The van der Waals surface area contributed by atoms with Crippen LogP contribution < -0.4 is 5.73 Å². The maximum absolute atomic E-state index is 5.94. The first-order valence-electron chi connectivity index (χ1n) is 5.46. The molecule has 3 aromatic rings. The topological polar surface area (TPSA) is 56.7 Å². The molecule has 3 rings (SSSR count). The first kappa shape index (κ1) is 11.5. The fraction of sp³-hybridized carbons (Fsp3) is 0.167. The molecular formula is C12H11ClN4S. The van der Waals surface area contributed by atoms with E-state index in [2.05, 4.69) is 9.97 Å². The summed E-state index contributed by atoms with van der Waals surface area (Å²) in [5.74, 6) is 0.486. The van der Waals surface area contributed by atoms with Crippen molar-refractivity contribution in [1.82, 2.24) is 14.5 Å². The average Bonchev–Trinajstić information content (AvgIpc) is 2.84. The molecule has 0 saturated heterocycles. The average molecular weight is 279 g/mol. The van der Waals surface area contributed by atoms with E-state index in [1.165, 1.54) is 0 Å². The van der Waals surface area contributed by atoms with E-state index in [-0.39, 0.29) is 0 Å². The predicted molar refractivity (Wildman–Crippen MR) is 75.1 cm³/mol. The van der Waals surface area contributed by atoms with Crippen LogP contribution in [0.5, 0.6) is 0 Å². The number of halogens is 1. The van der Waals surface area contributed by atoms with Crippen molar-refractivity contribution in [2.24, 2.45) is 0 Å². The van der Waals surface area contributed by atoms with E-state index in [1.54, 1.807) is 11.3 Å². The van der Waals surface area contributed by atoms with Gasteiger partial charge in [0, 0.05) is 16.1 Å². The first-order valence-corrected chi connectivity index (χ1v) is 6.71. The van der Waals surface area contributed by atoms with Gasteiger partial charge in [0.1, 0.15) is 5.01 Å². The molecule has 0 atom stereocenters. The third-order valence-electron chi connectivity index (χ3n) is 2.70. The quantitative estimate of drug-likeness (QED) is 0.784. The molecule has 92 valence electrons. The number of rotatable bonds is 2. The molecule has 1 aromatic carbocycles. The van der Waals surface area contributed by atoms with Gasteiger partial charge in [-0.1, -0.05) is 11.6 Å². The number of fused-ring (bicyclic) bond motifs is 1. The van der Waals surface area contributed by atoms with Gasteiger partial charge < -0.3 is 10.3 Å². The van der Waals surface area contributed by atoms with E-state index in [1.807, 2.05) is 35.1 Å². The fourth-order valence-corrected chi connectivity index (χ4v) is 2.82. The summed E-state index contributed by atoms with van der Waals surface area (Å²) in [6.45, 7) is 2.62. The molecule has 18 heavy (non-hydrogen) atoms. The van der Waals surface area contributed by atoms with Crippen molar-refractivity contribution in [3.05, 3.63) is 39.3 Å². The lowest BCUT2D eigenvalue weighted by Gasteiger charge is -2.03. The predicted octanol–water partition coefficient (Wildman–Crippen LogP) is 3.09. The Balaban J connectivity index is 2.08. The third-order valence-corrected chi connectivity index (χ3v) is 3.89. The smallest absolute Gasteiger partial charge is 0.201 e. The number of nitrogen functional groups attached to an aromatic ring is 1. The van der Waals surface area contributed by atoms with Gasteiger partial charge in [-0.2, -0.15) is 0 Å². The Morgan fingerprint density at radius 1 is 1.39 bits per heavy atom. The second-order valence-corrected chi connectivity index (χ2v) is 5.45. The Bertz CT molecular complexity index is 716. The van der Waals surface area contributed by atoms with Crippen LogP contribution in [-0.2, 0) is 6.54 Å². The van der Waals surface area contributed by atoms with Gasteiger partial charge in [0.05, 0.1) is 17.6 Å². The molecule has 2 aromatic heterocycles. The number of benzene rings is 1. The highest BCUT2D eigenvalue weighted by molar-refractivity contribution is 7.09. The van der Waals surface area contributed by atoms with Crippen LogP contribution in [-0.4, -0.2) is 14.5 Å². The monoisotopic (exact) mass is 278 g/mol. The van der Waals surface area contributed by atoms with E-state index in [0.717, 1.165) is 21.7 Å². The lowest BCUT2D eigenvalue weighted by Crippen LogP contribution is -2.04. The van der Waals surface area contributed by atoms with E-state index in [0.29, 0.717) is 17.5 Å². The second kappa shape index (κ2) is 4.26. The Labute approximate surface area is 113 Å². The van der Waals surface area contributed by atoms with Crippen LogP contribution in [0.25, 0.3) is 11.0 Å². The SMILES string of the molecule is Cc1csc(Cn2c(N)nc3cc(Cl)ccc32)n1. The zero-order valence-electron chi connectivity index (χ0n) is 9.72. The first-order chi connectivity index (χ1) is 8.63. The molecule has 0 aliphatic carbocycles. The number of aromatic nitrogens is 3. The Hall–Kier alpha value is -1.59. The van der Waals surface area contributed by atoms with E-state index >= 15 is 0 Å². The van der Waals surface area contributed by atoms with Gasteiger partial charge in [0.25, 0.3) is 0 Å². The van der Waals surface area contributed by atoms with E-state index in [9.17, 15) is 0 Å². The number of imidazole rings is 1. The van der Waals surface area contributed by atoms with Crippen molar-refractivity contribution in [2.45, 2.75) is 13.5 Å². The summed E-state index contributed by atoms with van der Waals surface area (Å²) in [6.07, 6.45) is 0. The molecule has 2 N–H and O–H groups in total. The van der Waals surface area contributed by atoms with Crippen molar-refractivity contribution >= 4 is 39.9 Å². The molecular weight excluding hydrogens is 268 g/mol. The summed E-state index contributed by atoms with van der Waals surface area (Å²) in [5.41, 5.74) is 8.76. The van der Waals surface area contributed by atoms with Crippen LogP contribution in [0.1, 0.15) is 10.7 Å². The van der Waals surface area contributed by atoms with Crippen molar-refractivity contribution in [3.63, 3.8) is 0 Å². The van der Waals surface area contributed by atoms with Crippen LogP contribution in [0.2, 0.25) is 5.02 Å². The number of nitrogens with two attached hydrogens (primary N) is 1. The molecule has 0 bridgehead atoms. The zero-order chi connectivity index (χ0) is 12.7. The minimum absolute atomic E-state index is 0.486. The third kappa shape index (κ3) is 1.95. The maximum atomic E-state index is 5.94. The minimum atomic E-state index is 0.486. The number of hydrogen-bond acceptors (Lipinski definition) is 4. The Kier molecular flexibility index (Phi) is 2.72. The van der Waals surface area contributed by atoms with Crippen LogP contribution in [0, 0.1) is 6.92 Å². The van der Waals surface area contributed by atoms with Gasteiger partial charge in [-0.05, 0) is 25.1 Å². The van der Waals surface area contributed by atoms with Crippen LogP contribution in [0.3, 0.4) is 0 Å². The summed E-state index contributed by atoms with van der Waals surface area (Å²) in [7, 11) is 0. The summed E-state index contributed by atoms with van der Waals surface area (Å²) in [6, 6.07) is 5.59. The Morgan fingerprint density at radius 2 is 2.22 bits per heavy atom. The molecule has 0 unspecified atom stereocenters. The van der Waals surface area contributed by atoms with Crippen molar-refractivity contribution in [3.8, 4) is 0 Å². The molecule has 0 spiro atoms. The lowest BCUT2D eigenvalue weighted by molar-refractivity contribution is 0.826. The molecule has 0 aliphatic rings. The highest BCUT2D eigenvalue weighted by atomic mass is 35.5. The van der Waals surface area contributed by atoms with Gasteiger partial charge in [0.2, 0.25) is 5.95 Å². The largest absolute Gasteiger partial charge is 0.369 e. The molecule has 0 saturated carbocycles. The molecule has 0 amide bonds. The number of nitrogens with zero attached hydrogens (tertiary/aromatic N) is 3. The number of aryl methyl sites for hydroxylation is 1. The number of hydrogen-bond donors (Lipinski definition) is 1. The van der Waals surface area contributed by atoms with Crippen LogP contribution in [0.15, 0.2) is 23.6 Å². The van der Waals surface area contributed by atoms with Gasteiger partial charge in [-0.25, -0.2) is 9.97 Å². The molecule has 0 radical (unpaired) electrons. The van der Waals surface area contributed by atoms with Crippen molar-refractivity contribution in [2.75, 3.05) is 5.73 Å². The number of thiazole rings is 1. The van der Waals surface area contributed by atoms with Crippen molar-refractivity contribution < 1.29 is 0 Å². The minimum Gasteiger partial charge on any atom is -0.369 e. The summed E-state index contributed by atoms with van der Waals surface area (Å²) >= 11 is 7.57. The second-order valence-electron chi connectivity index (χ2n) is 4.07. The molecule has 2 heterocycles. The van der Waals surface area contributed by atoms with Crippen LogP contribution >= 0.6 is 22.9 Å². The highest BCUT2D eigenvalue weighted by Crippen LogP contribution is 2.23. The van der Waals surface area contributed by atoms with Crippen LogP contribution in [0.4, 0.5) is 5.95 Å². The Morgan fingerprint density at radius 3 is 2.94 bits per heavy atom. The fourth-order valence-electron chi connectivity index (χ4n) is 1.90. The van der Waals surface area contributed by atoms with Crippen molar-refractivity contribution in [1.29, 1.82) is 0 Å². The van der Waals surface area contributed by atoms with E-state index < -0.39 is 0 Å². The number of anilines is 1. The maximum Gasteiger partial charge on any atom is 0.201 e. The zero-order valence-corrected chi connectivity index (χ0v) is 11.3.